The number of nitrogens with one attached hydrogen (secondary N) is 2. The number of anilines is 1. The summed E-state index contributed by atoms with van der Waals surface area (Å²) in [6, 6.07) is 13.0. The van der Waals surface area contributed by atoms with Gasteiger partial charge in [0, 0.05) is 9.13 Å². The maximum atomic E-state index is 12.6. The molecule has 1 heterocycles. The second kappa shape index (κ2) is 8.49. The predicted molar refractivity (Wildman–Crippen MR) is 108 cm³/mol. The summed E-state index contributed by atoms with van der Waals surface area (Å²) in [5.74, 6) is -0.440. The highest BCUT2D eigenvalue weighted by atomic mass is 127. The summed E-state index contributed by atoms with van der Waals surface area (Å²) in [5, 5.41) is 0. The minimum Gasteiger partial charge on any atom is -0.494 e. The number of rotatable bonds is 6. The number of hydrogen-bond acceptors (Lipinski definition) is 5. The lowest BCUT2D eigenvalue weighted by molar-refractivity contribution is -0.121. The minimum atomic E-state index is -0.809. The van der Waals surface area contributed by atoms with Gasteiger partial charge in [0.05, 0.1) is 18.7 Å². The summed E-state index contributed by atoms with van der Waals surface area (Å²) in [4.78, 5) is 38.2. The largest absolute Gasteiger partial charge is 0.494 e. The fourth-order valence-corrected chi connectivity index (χ4v) is 3.27. The van der Waals surface area contributed by atoms with Gasteiger partial charge in [-0.05, 0) is 72.0 Å². The summed E-state index contributed by atoms with van der Waals surface area (Å²) in [6.45, 7) is 2.41. The molecule has 0 radical (unpaired) electrons. The Bertz CT molecular complexity index is 870. The molecule has 2 aromatic carbocycles. The Morgan fingerprint density at radius 1 is 1.22 bits per heavy atom. The lowest BCUT2D eigenvalue weighted by atomic mass is 10.2. The third-order valence-corrected chi connectivity index (χ3v) is 4.67. The second-order valence-corrected chi connectivity index (χ2v) is 7.11. The molecule has 0 bridgehead atoms. The van der Waals surface area contributed by atoms with Crippen LogP contribution >= 0.6 is 22.6 Å². The van der Waals surface area contributed by atoms with E-state index in [1.165, 1.54) is 0 Å². The monoisotopic (exact) mass is 479 g/mol. The number of carbonyl (C=O) groups is 3. The van der Waals surface area contributed by atoms with E-state index in [2.05, 4.69) is 33.4 Å². The van der Waals surface area contributed by atoms with Crippen molar-refractivity contribution in [1.82, 2.24) is 10.9 Å². The summed E-state index contributed by atoms with van der Waals surface area (Å²) in [6.07, 6.45) is -0.0291. The van der Waals surface area contributed by atoms with Gasteiger partial charge in [0.2, 0.25) is 5.91 Å². The molecule has 0 aliphatic carbocycles. The molecular weight excluding hydrogens is 461 g/mol. The van der Waals surface area contributed by atoms with E-state index in [-0.39, 0.29) is 18.2 Å². The van der Waals surface area contributed by atoms with Crippen molar-refractivity contribution in [2.24, 2.45) is 0 Å². The lowest BCUT2D eigenvalue weighted by Crippen LogP contribution is -2.48. The molecule has 1 aliphatic heterocycles. The van der Waals surface area contributed by atoms with Gasteiger partial charge in [-0.25, -0.2) is 10.3 Å². The molecule has 1 fully saturated rings. The van der Waals surface area contributed by atoms with Crippen molar-refractivity contribution in [3.63, 3.8) is 0 Å². The summed E-state index contributed by atoms with van der Waals surface area (Å²) < 4.78 is 6.29. The van der Waals surface area contributed by atoms with Gasteiger partial charge in [0.25, 0.3) is 11.8 Å². The van der Waals surface area contributed by atoms with E-state index >= 15 is 0 Å². The van der Waals surface area contributed by atoms with Crippen LogP contribution in [0.4, 0.5) is 5.69 Å². The van der Waals surface area contributed by atoms with Crippen molar-refractivity contribution in [2.45, 2.75) is 19.4 Å². The normalized spacial score (nSPS) is 16.5. The Hall–Kier alpha value is -2.46. The molecule has 2 aromatic rings. The number of ether oxygens (including phenoxy) is 1. The zero-order valence-electron chi connectivity index (χ0n) is 14.6. The van der Waals surface area contributed by atoms with Gasteiger partial charge in [-0.2, -0.15) is 0 Å². The van der Waals surface area contributed by atoms with Gasteiger partial charge in [0.1, 0.15) is 11.8 Å². The number of benzene rings is 2. The number of nitrogens with zero attached hydrogens (tertiary/aromatic N) is 1. The molecule has 140 valence electrons. The zero-order chi connectivity index (χ0) is 19.4. The Morgan fingerprint density at radius 2 is 1.96 bits per heavy atom. The first-order chi connectivity index (χ1) is 13.0. The van der Waals surface area contributed by atoms with Crippen LogP contribution in [0.25, 0.3) is 0 Å². The van der Waals surface area contributed by atoms with Crippen LogP contribution in [0.3, 0.4) is 0 Å². The molecule has 1 saturated heterocycles. The molecule has 3 amide bonds. The molecular formula is C19H18IN3O4. The van der Waals surface area contributed by atoms with Crippen molar-refractivity contribution in [1.29, 1.82) is 0 Å². The van der Waals surface area contributed by atoms with E-state index in [4.69, 9.17) is 4.74 Å². The molecule has 8 heteroatoms. The first-order valence-corrected chi connectivity index (χ1v) is 9.48. The van der Waals surface area contributed by atoms with E-state index < -0.39 is 11.9 Å². The Labute approximate surface area is 170 Å². The van der Waals surface area contributed by atoms with E-state index in [1.807, 2.05) is 13.0 Å². The first kappa shape index (κ1) is 19.3. The van der Waals surface area contributed by atoms with Crippen LogP contribution in [-0.4, -0.2) is 30.4 Å². The van der Waals surface area contributed by atoms with Crippen molar-refractivity contribution in [2.75, 3.05) is 11.5 Å². The van der Waals surface area contributed by atoms with Crippen molar-refractivity contribution in [3.8, 4) is 5.75 Å². The van der Waals surface area contributed by atoms with Crippen LogP contribution in [-0.2, 0) is 9.59 Å². The maximum absolute atomic E-state index is 12.6. The van der Waals surface area contributed by atoms with Gasteiger partial charge in [0.15, 0.2) is 0 Å². The molecule has 0 saturated carbocycles. The van der Waals surface area contributed by atoms with Gasteiger partial charge < -0.3 is 4.74 Å². The highest BCUT2D eigenvalue weighted by Crippen LogP contribution is 2.25. The number of carbonyl (C=O) groups excluding carboxylic acids is 3. The molecule has 2 N–H and O–H groups in total. The Morgan fingerprint density at radius 3 is 2.63 bits per heavy atom. The fraction of sp³-hybridized carbons (Fsp3) is 0.211. The summed E-state index contributed by atoms with van der Waals surface area (Å²) >= 11 is 2.11. The van der Waals surface area contributed by atoms with Crippen molar-refractivity contribution >= 4 is 46.0 Å². The highest BCUT2D eigenvalue weighted by molar-refractivity contribution is 14.1. The first-order valence-electron chi connectivity index (χ1n) is 8.40. The van der Waals surface area contributed by atoms with Crippen molar-refractivity contribution in [3.05, 3.63) is 57.7 Å². The third kappa shape index (κ3) is 4.45. The average molecular weight is 479 g/mol. The van der Waals surface area contributed by atoms with E-state index in [0.717, 1.165) is 8.47 Å². The van der Waals surface area contributed by atoms with Crippen LogP contribution < -0.4 is 20.5 Å². The van der Waals surface area contributed by atoms with E-state index in [0.29, 0.717) is 23.6 Å². The van der Waals surface area contributed by atoms with Crippen LogP contribution in [0.1, 0.15) is 23.7 Å². The number of imide groups is 1. The van der Waals surface area contributed by atoms with Crippen LogP contribution in [0.5, 0.6) is 5.75 Å². The fourth-order valence-electron chi connectivity index (χ4n) is 2.73. The predicted octanol–water partition coefficient (Wildman–Crippen LogP) is 2.26. The third-order valence-electron chi connectivity index (χ3n) is 4.00. The number of hydrazine groups is 1. The average Bonchev–Trinajstić information content (AvgIpc) is 2.94. The standard InChI is InChI=1S/C19H18IN3O4/c1-2-27-15-8-6-14(7-9-15)23-17(24)11-16(19(23)26)21-22-18(25)12-4-3-5-13(20)10-12/h3-10,16,21H,2,11H2,1H3,(H,22,25). The lowest BCUT2D eigenvalue weighted by Gasteiger charge is -2.16. The van der Waals surface area contributed by atoms with Crippen LogP contribution in [0, 0.1) is 3.57 Å². The number of amides is 3. The smallest absolute Gasteiger partial charge is 0.265 e. The second-order valence-electron chi connectivity index (χ2n) is 5.86. The van der Waals surface area contributed by atoms with Gasteiger partial charge >= 0.3 is 0 Å². The highest BCUT2D eigenvalue weighted by Gasteiger charge is 2.39. The van der Waals surface area contributed by atoms with E-state index in [1.54, 1.807) is 42.5 Å². The summed E-state index contributed by atoms with van der Waals surface area (Å²) in [5.41, 5.74) is 6.12. The molecule has 1 aliphatic rings. The molecule has 3 rings (SSSR count). The molecule has 7 nitrogen and oxygen atoms in total. The van der Waals surface area contributed by atoms with Crippen molar-refractivity contribution < 1.29 is 19.1 Å². The SMILES string of the molecule is CCOc1ccc(N2C(=O)CC(NNC(=O)c3cccc(I)c3)C2=O)cc1. The van der Waals surface area contributed by atoms with Gasteiger partial charge in [-0.1, -0.05) is 6.07 Å². The van der Waals surface area contributed by atoms with Crippen LogP contribution in [0.2, 0.25) is 0 Å². The number of halogens is 1. The maximum Gasteiger partial charge on any atom is 0.265 e. The summed E-state index contributed by atoms with van der Waals surface area (Å²) in [7, 11) is 0. The molecule has 1 atom stereocenters. The molecule has 1 unspecified atom stereocenters. The van der Waals surface area contributed by atoms with E-state index in [9.17, 15) is 14.4 Å². The molecule has 0 spiro atoms. The molecule has 27 heavy (non-hydrogen) atoms. The topological polar surface area (TPSA) is 87.7 Å². The zero-order valence-corrected chi connectivity index (χ0v) is 16.7. The number of hydrogen-bond donors (Lipinski definition) is 2. The van der Waals surface area contributed by atoms with Gasteiger partial charge in [-0.3, -0.25) is 19.8 Å². The minimum absolute atomic E-state index is 0.0291. The Balaban J connectivity index is 1.64. The van der Waals surface area contributed by atoms with Gasteiger partial charge in [-0.15, -0.1) is 0 Å². The quantitative estimate of drug-likeness (QED) is 0.377. The molecule has 0 aromatic heterocycles. The Kier molecular flexibility index (Phi) is 6.07. The van der Waals surface area contributed by atoms with Crippen LogP contribution in [0.15, 0.2) is 48.5 Å².